The second-order valence-corrected chi connectivity index (χ2v) is 5.22. The van der Waals surface area contributed by atoms with Gasteiger partial charge < -0.3 is 14.8 Å². The zero-order valence-corrected chi connectivity index (χ0v) is 13.3. The van der Waals surface area contributed by atoms with Gasteiger partial charge in [0.15, 0.2) is 0 Å². The van der Waals surface area contributed by atoms with Crippen LogP contribution in [0.4, 0.5) is 5.69 Å². The lowest BCUT2D eigenvalue weighted by atomic mass is 10.1. The predicted octanol–water partition coefficient (Wildman–Crippen LogP) is 3.51. The van der Waals surface area contributed by atoms with E-state index in [-0.39, 0.29) is 12.0 Å². The molecule has 0 aromatic heterocycles. The summed E-state index contributed by atoms with van der Waals surface area (Å²) in [4.78, 5) is 23.7. The molecule has 5 nitrogen and oxygen atoms in total. The van der Waals surface area contributed by atoms with Gasteiger partial charge in [-0.15, -0.1) is 0 Å². The Morgan fingerprint density at radius 2 is 1.70 bits per heavy atom. The lowest BCUT2D eigenvalue weighted by Gasteiger charge is -2.10. The minimum absolute atomic E-state index is 0.0794. The van der Waals surface area contributed by atoms with Crippen LogP contribution in [0.1, 0.15) is 34.6 Å². The van der Waals surface area contributed by atoms with E-state index in [2.05, 4.69) is 10.1 Å². The number of hydrogen-bond donors (Lipinski definition) is 1. The predicted molar refractivity (Wildman–Crippen MR) is 87.9 cm³/mol. The maximum Gasteiger partial charge on any atom is 0.337 e. The van der Waals surface area contributed by atoms with E-state index < -0.39 is 5.97 Å². The fourth-order valence-corrected chi connectivity index (χ4v) is 2.00. The Balaban J connectivity index is 2.08. The van der Waals surface area contributed by atoms with Crippen molar-refractivity contribution < 1.29 is 19.1 Å². The van der Waals surface area contributed by atoms with Crippen molar-refractivity contribution in [1.29, 1.82) is 0 Å². The minimum Gasteiger partial charge on any atom is -0.491 e. The van der Waals surface area contributed by atoms with E-state index in [1.165, 1.54) is 7.11 Å². The number of benzene rings is 2. The number of carbonyl (C=O) groups is 2. The van der Waals surface area contributed by atoms with Crippen LogP contribution in [-0.2, 0) is 4.74 Å². The van der Waals surface area contributed by atoms with Gasteiger partial charge in [-0.1, -0.05) is 6.07 Å². The Morgan fingerprint density at radius 1 is 1.00 bits per heavy atom. The van der Waals surface area contributed by atoms with Gasteiger partial charge >= 0.3 is 5.97 Å². The van der Waals surface area contributed by atoms with Crippen molar-refractivity contribution in [2.75, 3.05) is 12.4 Å². The van der Waals surface area contributed by atoms with Crippen LogP contribution >= 0.6 is 0 Å². The summed E-state index contributed by atoms with van der Waals surface area (Å²) in [6, 6.07) is 13.5. The molecule has 2 aromatic rings. The molecule has 0 saturated heterocycles. The Labute approximate surface area is 135 Å². The molecule has 0 aliphatic heterocycles. The van der Waals surface area contributed by atoms with Gasteiger partial charge in [-0.05, 0) is 56.3 Å². The second kappa shape index (κ2) is 7.45. The first kappa shape index (κ1) is 16.5. The standard InChI is InChI=1S/C18H19NO4/c1-12(2)23-16-9-7-13(8-10-16)17(20)19-15-6-4-5-14(11-15)18(21)22-3/h4-12H,1-3H3,(H,19,20). The molecule has 120 valence electrons. The summed E-state index contributed by atoms with van der Waals surface area (Å²) < 4.78 is 10.2. The first-order chi connectivity index (χ1) is 11.0. The van der Waals surface area contributed by atoms with E-state index >= 15 is 0 Å². The van der Waals surface area contributed by atoms with Gasteiger partial charge in [-0.3, -0.25) is 4.79 Å². The molecule has 0 bridgehead atoms. The minimum atomic E-state index is -0.448. The lowest BCUT2D eigenvalue weighted by Crippen LogP contribution is -2.13. The average molecular weight is 313 g/mol. The molecule has 1 amide bonds. The number of methoxy groups -OCH3 is 1. The lowest BCUT2D eigenvalue weighted by molar-refractivity contribution is 0.0600. The highest BCUT2D eigenvalue weighted by Crippen LogP contribution is 2.16. The van der Waals surface area contributed by atoms with E-state index in [4.69, 9.17) is 4.74 Å². The molecular weight excluding hydrogens is 294 g/mol. The molecule has 0 heterocycles. The monoisotopic (exact) mass is 313 g/mol. The third-order valence-electron chi connectivity index (χ3n) is 3.03. The average Bonchev–Trinajstić information content (AvgIpc) is 2.54. The molecule has 0 saturated carbocycles. The Bertz CT molecular complexity index is 692. The van der Waals surface area contributed by atoms with Crippen LogP contribution in [0.2, 0.25) is 0 Å². The van der Waals surface area contributed by atoms with Crippen LogP contribution in [0.5, 0.6) is 5.75 Å². The summed E-state index contributed by atoms with van der Waals surface area (Å²) in [5.74, 6) is 0.00337. The highest BCUT2D eigenvalue weighted by molar-refractivity contribution is 6.04. The van der Waals surface area contributed by atoms with Gasteiger partial charge in [0.2, 0.25) is 0 Å². The first-order valence-corrected chi connectivity index (χ1v) is 7.26. The zero-order valence-electron chi connectivity index (χ0n) is 13.3. The van der Waals surface area contributed by atoms with E-state index in [1.807, 2.05) is 13.8 Å². The van der Waals surface area contributed by atoms with E-state index in [0.29, 0.717) is 22.6 Å². The molecule has 5 heteroatoms. The topological polar surface area (TPSA) is 64.6 Å². The summed E-state index contributed by atoms with van der Waals surface area (Å²) in [7, 11) is 1.31. The quantitative estimate of drug-likeness (QED) is 0.858. The Kier molecular flexibility index (Phi) is 5.36. The van der Waals surface area contributed by atoms with Crippen molar-refractivity contribution in [2.45, 2.75) is 20.0 Å². The van der Waals surface area contributed by atoms with Crippen LogP contribution in [-0.4, -0.2) is 25.1 Å². The molecular formula is C18H19NO4. The van der Waals surface area contributed by atoms with Crippen molar-refractivity contribution >= 4 is 17.6 Å². The number of rotatable bonds is 5. The normalized spacial score (nSPS) is 10.3. The molecule has 1 N–H and O–H groups in total. The fraction of sp³-hybridized carbons (Fsp3) is 0.222. The van der Waals surface area contributed by atoms with Crippen LogP contribution in [0, 0.1) is 0 Å². The van der Waals surface area contributed by atoms with Gasteiger partial charge in [-0.2, -0.15) is 0 Å². The van der Waals surface area contributed by atoms with Crippen LogP contribution in [0.25, 0.3) is 0 Å². The van der Waals surface area contributed by atoms with Gasteiger partial charge in [-0.25, -0.2) is 4.79 Å². The summed E-state index contributed by atoms with van der Waals surface area (Å²) in [6.07, 6.45) is 0.0794. The molecule has 0 fully saturated rings. The van der Waals surface area contributed by atoms with E-state index in [0.717, 1.165) is 0 Å². The molecule has 0 aliphatic rings. The molecule has 0 radical (unpaired) electrons. The van der Waals surface area contributed by atoms with Crippen LogP contribution in [0.15, 0.2) is 48.5 Å². The molecule has 0 aliphatic carbocycles. The van der Waals surface area contributed by atoms with Crippen LogP contribution in [0.3, 0.4) is 0 Å². The van der Waals surface area contributed by atoms with Crippen molar-refractivity contribution in [2.24, 2.45) is 0 Å². The van der Waals surface area contributed by atoms with Crippen LogP contribution < -0.4 is 10.1 Å². The van der Waals surface area contributed by atoms with Crippen molar-refractivity contribution in [3.8, 4) is 5.75 Å². The van der Waals surface area contributed by atoms with Gasteiger partial charge in [0.25, 0.3) is 5.91 Å². The van der Waals surface area contributed by atoms with Crippen molar-refractivity contribution in [3.05, 3.63) is 59.7 Å². The maximum atomic E-state index is 12.2. The first-order valence-electron chi connectivity index (χ1n) is 7.26. The number of hydrogen-bond acceptors (Lipinski definition) is 4. The number of amides is 1. The molecule has 0 atom stereocenters. The summed E-state index contributed by atoms with van der Waals surface area (Å²) in [5.41, 5.74) is 1.41. The van der Waals surface area contributed by atoms with Gasteiger partial charge in [0.05, 0.1) is 18.8 Å². The highest BCUT2D eigenvalue weighted by Gasteiger charge is 2.09. The third-order valence-corrected chi connectivity index (χ3v) is 3.03. The maximum absolute atomic E-state index is 12.2. The largest absolute Gasteiger partial charge is 0.491 e. The third kappa shape index (κ3) is 4.57. The smallest absolute Gasteiger partial charge is 0.337 e. The van der Waals surface area contributed by atoms with Gasteiger partial charge in [0, 0.05) is 11.3 Å². The van der Waals surface area contributed by atoms with E-state index in [1.54, 1.807) is 48.5 Å². The number of nitrogens with one attached hydrogen (secondary N) is 1. The Hall–Kier alpha value is -2.82. The zero-order chi connectivity index (χ0) is 16.8. The molecule has 0 unspecified atom stereocenters. The van der Waals surface area contributed by atoms with Gasteiger partial charge in [0.1, 0.15) is 5.75 Å². The molecule has 0 spiro atoms. The summed E-state index contributed by atoms with van der Waals surface area (Å²) in [6.45, 7) is 3.88. The fourth-order valence-electron chi connectivity index (χ4n) is 2.00. The number of esters is 1. The summed E-state index contributed by atoms with van der Waals surface area (Å²) >= 11 is 0. The SMILES string of the molecule is COC(=O)c1cccc(NC(=O)c2ccc(OC(C)C)cc2)c1. The van der Waals surface area contributed by atoms with E-state index in [9.17, 15) is 9.59 Å². The highest BCUT2D eigenvalue weighted by atomic mass is 16.5. The number of carbonyl (C=O) groups excluding carboxylic acids is 2. The molecule has 2 rings (SSSR count). The second-order valence-electron chi connectivity index (χ2n) is 5.22. The number of anilines is 1. The summed E-state index contributed by atoms with van der Waals surface area (Å²) in [5, 5.41) is 2.75. The Morgan fingerprint density at radius 3 is 2.30 bits per heavy atom. The molecule has 23 heavy (non-hydrogen) atoms. The number of ether oxygens (including phenoxy) is 2. The van der Waals surface area contributed by atoms with Crippen molar-refractivity contribution in [1.82, 2.24) is 0 Å². The van der Waals surface area contributed by atoms with Crippen molar-refractivity contribution in [3.63, 3.8) is 0 Å². The molecule has 2 aromatic carbocycles.